The summed E-state index contributed by atoms with van der Waals surface area (Å²) < 4.78 is 5.46. The summed E-state index contributed by atoms with van der Waals surface area (Å²) in [6.07, 6.45) is 3.72. The zero-order valence-electron chi connectivity index (χ0n) is 7.75. The molecule has 0 saturated heterocycles. The first-order chi connectivity index (χ1) is 6.40. The Morgan fingerprint density at radius 1 is 1.23 bits per heavy atom. The van der Waals surface area contributed by atoms with Gasteiger partial charge in [-0.3, -0.25) is 0 Å². The number of aryl methyl sites for hydroxylation is 2. The maximum atomic E-state index is 5.46. The predicted molar refractivity (Wildman–Crippen MR) is 53.0 cm³/mol. The van der Waals surface area contributed by atoms with Gasteiger partial charge in [0.1, 0.15) is 12.4 Å². The molecule has 2 nitrogen and oxygen atoms in total. The first-order valence-corrected chi connectivity index (χ1v) is 4.85. The molecular formula is C11H15NO. The van der Waals surface area contributed by atoms with Crippen LogP contribution < -0.4 is 10.5 Å². The highest BCUT2D eigenvalue weighted by Gasteiger charge is 2.10. The van der Waals surface area contributed by atoms with E-state index in [4.69, 9.17) is 10.5 Å². The lowest BCUT2D eigenvalue weighted by Gasteiger charge is -2.06. The van der Waals surface area contributed by atoms with Crippen molar-refractivity contribution in [3.05, 3.63) is 29.3 Å². The van der Waals surface area contributed by atoms with E-state index in [0.717, 1.165) is 5.75 Å². The molecule has 2 rings (SSSR count). The fourth-order valence-electron chi connectivity index (χ4n) is 1.81. The van der Waals surface area contributed by atoms with Crippen molar-refractivity contribution in [2.45, 2.75) is 19.3 Å². The van der Waals surface area contributed by atoms with E-state index in [1.807, 2.05) is 6.07 Å². The third-order valence-electron chi connectivity index (χ3n) is 2.46. The number of fused-ring (bicyclic) bond motifs is 1. The molecule has 0 fully saturated rings. The van der Waals surface area contributed by atoms with Crippen molar-refractivity contribution < 1.29 is 4.74 Å². The number of hydrogen-bond donors (Lipinski definition) is 1. The summed E-state index contributed by atoms with van der Waals surface area (Å²) in [5.74, 6) is 0.964. The highest BCUT2D eigenvalue weighted by Crippen LogP contribution is 2.25. The molecule has 0 bridgehead atoms. The minimum atomic E-state index is 0.580. The van der Waals surface area contributed by atoms with Crippen molar-refractivity contribution in [1.29, 1.82) is 0 Å². The number of hydrogen-bond acceptors (Lipinski definition) is 2. The summed E-state index contributed by atoms with van der Waals surface area (Å²) in [4.78, 5) is 0. The molecule has 2 heteroatoms. The largest absolute Gasteiger partial charge is 0.492 e. The SMILES string of the molecule is NCCOc1ccc2c(c1)CCC2. The summed E-state index contributed by atoms with van der Waals surface area (Å²) in [7, 11) is 0. The third-order valence-corrected chi connectivity index (χ3v) is 2.46. The van der Waals surface area contributed by atoms with E-state index in [0.29, 0.717) is 13.2 Å². The molecule has 0 spiro atoms. The third kappa shape index (κ3) is 1.83. The van der Waals surface area contributed by atoms with E-state index in [-0.39, 0.29) is 0 Å². The lowest BCUT2D eigenvalue weighted by molar-refractivity contribution is 0.328. The Morgan fingerprint density at radius 3 is 2.92 bits per heavy atom. The molecule has 0 saturated carbocycles. The molecule has 0 heterocycles. The maximum Gasteiger partial charge on any atom is 0.119 e. The van der Waals surface area contributed by atoms with Crippen LogP contribution in [0.25, 0.3) is 0 Å². The van der Waals surface area contributed by atoms with E-state index in [1.165, 1.54) is 30.4 Å². The molecule has 0 radical (unpaired) electrons. The number of benzene rings is 1. The van der Waals surface area contributed by atoms with Gasteiger partial charge in [0, 0.05) is 6.54 Å². The zero-order chi connectivity index (χ0) is 9.10. The number of rotatable bonds is 3. The lowest BCUT2D eigenvalue weighted by Crippen LogP contribution is -2.10. The van der Waals surface area contributed by atoms with Crippen LogP contribution in [0.4, 0.5) is 0 Å². The van der Waals surface area contributed by atoms with Gasteiger partial charge in [0.25, 0.3) is 0 Å². The molecule has 1 aromatic carbocycles. The average Bonchev–Trinajstić information content (AvgIpc) is 2.61. The Hall–Kier alpha value is -1.02. The zero-order valence-corrected chi connectivity index (χ0v) is 7.75. The van der Waals surface area contributed by atoms with E-state index in [1.54, 1.807) is 0 Å². The topological polar surface area (TPSA) is 35.2 Å². The van der Waals surface area contributed by atoms with Gasteiger partial charge >= 0.3 is 0 Å². The first kappa shape index (κ1) is 8.57. The Balaban J connectivity index is 2.12. The summed E-state index contributed by atoms with van der Waals surface area (Å²) >= 11 is 0. The van der Waals surface area contributed by atoms with E-state index < -0.39 is 0 Å². The van der Waals surface area contributed by atoms with E-state index >= 15 is 0 Å². The standard InChI is InChI=1S/C11H15NO/c12-6-7-13-11-5-4-9-2-1-3-10(9)8-11/h4-5,8H,1-3,6-7,12H2. The smallest absolute Gasteiger partial charge is 0.119 e. The molecule has 0 aliphatic heterocycles. The van der Waals surface area contributed by atoms with E-state index in [2.05, 4.69) is 12.1 Å². The van der Waals surface area contributed by atoms with Crippen molar-refractivity contribution in [3.63, 3.8) is 0 Å². The Kier molecular flexibility index (Phi) is 2.50. The van der Waals surface area contributed by atoms with Crippen molar-refractivity contribution >= 4 is 0 Å². The van der Waals surface area contributed by atoms with Gasteiger partial charge in [0.2, 0.25) is 0 Å². The second-order valence-corrected chi connectivity index (χ2v) is 3.42. The molecule has 1 aliphatic rings. The fraction of sp³-hybridized carbons (Fsp3) is 0.455. The highest BCUT2D eigenvalue weighted by molar-refractivity contribution is 5.38. The van der Waals surface area contributed by atoms with Crippen molar-refractivity contribution in [2.75, 3.05) is 13.2 Å². The second-order valence-electron chi connectivity index (χ2n) is 3.42. The van der Waals surface area contributed by atoms with Gasteiger partial charge in [-0.2, -0.15) is 0 Å². The van der Waals surface area contributed by atoms with Crippen LogP contribution in [0.3, 0.4) is 0 Å². The maximum absolute atomic E-state index is 5.46. The molecule has 1 aromatic rings. The van der Waals surface area contributed by atoms with Gasteiger partial charge in [0.05, 0.1) is 0 Å². The number of ether oxygens (including phenoxy) is 1. The summed E-state index contributed by atoms with van der Waals surface area (Å²) in [5, 5.41) is 0. The van der Waals surface area contributed by atoms with E-state index in [9.17, 15) is 0 Å². The molecular weight excluding hydrogens is 162 g/mol. The molecule has 0 atom stereocenters. The molecule has 13 heavy (non-hydrogen) atoms. The first-order valence-electron chi connectivity index (χ1n) is 4.85. The van der Waals surface area contributed by atoms with Crippen LogP contribution in [0.5, 0.6) is 5.75 Å². The Morgan fingerprint density at radius 2 is 2.08 bits per heavy atom. The van der Waals surface area contributed by atoms with Gasteiger partial charge in [-0.05, 0) is 42.5 Å². The van der Waals surface area contributed by atoms with Gasteiger partial charge in [0.15, 0.2) is 0 Å². The van der Waals surface area contributed by atoms with Gasteiger partial charge in [-0.15, -0.1) is 0 Å². The highest BCUT2D eigenvalue weighted by atomic mass is 16.5. The van der Waals surface area contributed by atoms with Gasteiger partial charge < -0.3 is 10.5 Å². The molecule has 2 N–H and O–H groups in total. The molecule has 0 unspecified atom stereocenters. The predicted octanol–water partition coefficient (Wildman–Crippen LogP) is 1.51. The minimum absolute atomic E-state index is 0.580. The summed E-state index contributed by atoms with van der Waals surface area (Å²) in [6.45, 7) is 1.19. The Bertz CT molecular complexity index is 296. The van der Waals surface area contributed by atoms with Crippen LogP contribution in [0.15, 0.2) is 18.2 Å². The quantitative estimate of drug-likeness (QED) is 0.759. The van der Waals surface area contributed by atoms with Crippen LogP contribution in [-0.2, 0) is 12.8 Å². The molecule has 0 aromatic heterocycles. The molecule has 0 amide bonds. The minimum Gasteiger partial charge on any atom is -0.492 e. The van der Waals surface area contributed by atoms with Crippen molar-refractivity contribution in [3.8, 4) is 5.75 Å². The normalized spacial score (nSPS) is 14.2. The average molecular weight is 177 g/mol. The van der Waals surface area contributed by atoms with Crippen LogP contribution >= 0.6 is 0 Å². The van der Waals surface area contributed by atoms with Crippen molar-refractivity contribution in [2.24, 2.45) is 5.73 Å². The van der Waals surface area contributed by atoms with Gasteiger partial charge in [-0.25, -0.2) is 0 Å². The monoisotopic (exact) mass is 177 g/mol. The van der Waals surface area contributed by atoms with Crippen LogP contribution in [0, 0.1) is 0 Å². The summed E-state index contributed by atoms with van der Waals surface area (Å²) in [5.41, 5.74) is 8.30. The Labute approximate surface area is 78.7 Å². The molecule has 70 valence electrons. The summed E-state index contributed by atoms with van der Waals surface area (Å²) in [6, 6.07) is 6.37. The van der Waals surface area contributed by atoms with Crippen LogP contribution in [0.2, 0.25) is 0 Å². The molecule has 1 aliphatic carbocycles. The fourth-order valence-corrected chi connectivity index (χ4v) is 1.81. The van der Waals surface area contributed by atoms with Gasteiger partial charge in [-0.1, -0.05) is 6.07 Å². The lowest BCUT2D eigenvalue weighted by atomic mass is 10.1. The second kappa shape index (κ2) is 3.79. The van der Waals surface area contributed by atoms with Crippen LogP contribution in [-0.4, -0.2) is 13.2 Å². The van der Waals surface area contributed by atoms with Crippen LogP contribution in [0.1, 0.15) is 17.5 Å². The van der Waals surface area contributed by atoms with Crippen molar-refractivity contribution in [1.82, 2.24) is 0 Å². The number of nitrogens with two attached hydrogens (primary N) is 1.